The number of primary amides is 1. The van der Waals surface area contributed by atoms with Crippen LogP contribution in [0.5, 0.6) is 0 Å². The van der Waals surface area contributed by atoms with Crippen molar-refractivity contribution in [1.82, 2.24) is 25.0 Å². The van der Waals surface area contributed by atoms with E-state index in [1.807, 2.05) is 24.4 Å². The number of piperidine rings is 1. The van der Waals surface area contributed by atoms with E-state index in [-0.39, 0.29) is 17.9 Å². The molecule has 0 aromatic carbocycles. The maximum atomic E-state index is 11.4. The Hall–Kier alpha value is -3.33. The van der Waals surface area contributed by atoms with E-state index < -0.39 is 0 Å². The summed E-state index contributed by atoms with van der Waals surface area (Å²) in [6.45, 7) is 3.38. The molecule has 9 heteroatoms. The normalized spacial score (nSPS) is 20.0. The second-order valence-corrected chi connectivity index (χ2v) is 8.51. The van der Waals surface area contributed by atoms with Crippen LogP contribution in [0.2, 0.25) is 0 Å². The van der Waals surface area contributed by atoms with Crippen LogP contribution < -0.4 is 10.6 Å². The van der Waals surface area contributed by atoms with Gasteiger partial charge in [-0.25, -0.2) is 4.98 Å². The lowest BCUT2D eigenvalue weighted by Crippen LogP contribution is -2.38. The smallest absolute Gasteiger partial charge is 0.244 e. The number of carbonyl (C=O) groups is 1. The van der Waals surface area contributed by atoms with Gasteiger partial charge in [0.05, 0.1) is 6.04 Å². The van der Waals surface area contributed by atoms with Crippen molar-refractivity contribution in [3.8, 4) is 11.4 Å². The van der Waals surface area contributed by atoms with E-state index in [0.717, 1.165) is 63.2 Å². The predicted molar refractivity (Wildman–Crippen MR) is 118 cm³/mol. The van der Waals surface area contributed by atoms with Gasteiger partial charge in [0.15, 0.2) is 0 Å². The van der Waals surface area contributed by atoms with Crippen molar-refractivity contribution in [2.75, 3.05) is 24.5 Å². The maximum Gasteiger partial charge on any atom is 0.244 e. The maximum absolute atomic E-state index is 11.4. The van der Waals surface area contributed by atoms with E-state index in [4.69, 9.17) is 10.3 Å². The Morgan fingerprint density at radius 2 is 2.00 bits per heavy atom. The minimum Gasteiger partial charge on any atom is -0.369 e. The summed E-state index contributed by atoms with van der Waals surface area (Å²) in [5.41, 5.74) is 7.43. The number of nitrogens with two attached hydrogens (primary N) is 1. The van der Waals surface area contributed by atoms with E-state index in [1.54, 1.807) is 12.4 Å². The average Bonchev–Trinajstić information content (AvgIpc) is 3.50. The van der Waals surface area contributed by atoms with Crippen LogP contribution in [0.3, 0.4) is 0 Å². The van der Waals surface area contributed by atoms with Crippen LogP contribution in [-0.2, 0) is 11.3 Å². The van der Waals surface area contributed by atoms with E-state index in [1.165, 1.54) is 5.56 Å². The second-order valence-electron chi connectivity index (χ2n) is 8.51. The van der Waals surface area contributed by atoms with Gasteiger partial charge in [-0.1, -0.05) is 11.2 Å². The molecule has 2 fully saturated rings. The van der Waals surface area contributed by atoms with Gasteiger partial charge in [-0.3, -0.25) is 14.7 Å². The number of anilines is 1. The fraction of sp³-hybridized carbons (Fsp3) is 0.435. The molecule has 2 aliphatic rings. The van der Waals surface area contributed by atoms with Gasteiger partial charge >= 0.3 is 0 Å². The Bertz CT molecular complexity index is 1050. The Balaban J connectivity index is 1.25. The van der Waals surface area contributed by atoms with Gasteiger partial charge in [0.1, 0.15) is 5.82 Å². The summed E-state index contributed by atoms with van der Waals surface area (Å²) in [4.78, 5) is 29.4. The Kier molecular flexibility index (Phi) is 5.81. The molecule has 3 aromatic rings. The van der Waals surface area contributed by atoms with Crippen LogP contribution in [0, 0.1) is 5.92 Å². The number of nitrogens with zero attached hydrogens (tertiary/aromatic N) is 6. The first-order valence-corrected chi connectivity index (χ1v) is 11.1. The fourth-order valence-corrected chi connectivity index (χ4v) is 4.61. The van der Waals surface area contributed by atoms with Gasteiger partial charge in [-0.05, 0) is 56.0 Å². The molecule has 5 heterocycles. The van der Waals surface area contributed by atoms with Crippen LogP contribution in [0.25, 0.3) is 11.4 Å². The zero-order valence-corrected chi connectivity index (χ0v) is 17.9. The first-order valence-electron chi connectivity index (χ1n) is 11.1. The average molecular weight is 434 g/mol. The van der Waals surface area contributed by atoms with E-state index in [9.17, 15) is 4.79 Å². The molecule has 2 saturated heterocycles. The number of aromatic nitrogens is 4. The zero-order valence-electron chi connectivity index (χ0n) is 17.9. The Labute approximate surface area is 186 Å². The van der Waals surface area contributed by atoms with Crippen molar-refractivity contribution >= 4 is 11.7 Å². The number of likely N-dealkylation sites (tertiary alicyclic amines) is 1. The summed E-state index contributed by atoms with van der Waals surface area (Å²) in [5.74, 6) is 1.86. The number of rotatable bonds is 6. The third kappa shape index (κ3) is 4.34. The molecule has 2 N–H and O–H groups in total. The van der Waals surface area contributed by atoms with Gasteiger partial charge < -0.3 is 15.2 Å². The number of carbonyl (C=O) groups excluding carboxylic acids is 1. The van der Waals surface area contributed by atoms with Gasteiger partial charge in [0.25, 0.3) is 0 Å². The molecule has 0 aliphatic carbocycles. The fourth-order valence-electron chi connectivity index (χ4n) is 4.61. The Morgan fingerprint density at radius 3 is 2.72 bits per heavy atom. The molecule has 32 heavy (non-hydrogen) atoms. The summed E-state index contributed by atoms with van der Waals surface area (Å²) in [6, 6.07) is 8.11. The second kappa shape index (κ2) is 9.04. The number of hydrogen-bond acceptors (Lipinski definition) is 8. The number of amides is 1. The Morgan fingerprint density at radius 1 is 1.12 bits per heavy atom. The summed E-state index contributed by atoms with van der Waals surface area (Å²) in [7, 11) is 0. The van der Waals surface area contributed by atoms with E-state index in [2.05, 4.69) is 36.0 Å². The molecule has 2 aliphatic heterocycles. The number of hydrogen-bond donors (Lipinski definition) is 1. The predicted octanol–water partition coefficient (Wildman–Crippen LogP) is 2.57. The zero-order chi connectivity index (χ0) is 21.9. The molecule has 0 radical (unpaired) electrons. The molecule has 166 valence electrons. The van der Waals surface area contributed by atoms with Crippen molar-refractivity contribution in [2.45, 2.75) is 38.3 Å². The van der Waals surface area contributed by atoms with Gasteiger partial charge in [0.2, 0.25) is 17.6 Å². The topological polar surface area (TPSA) is 114 Å². The standard InChI is InChI=1S/C23H27N7O2/c24-21(31)17-7-11-29(12-8-17)20-6-5-18(14-26-20)22-27-23(32-28-22)19-4-2-10-30(19)15-16-3-1-9-25-13-16/h1,3,5-6,9,13-14,17,19H,2,4,7-8,10-12,15H2,(H2,24,31). The van der Waals surface area contributed by atoms with Crippen LogP contribution in [0.15, 0.2) is 47.4 Å². The molecular formula is C23H27N7O2. The quantitative estimate of drug-likeness (QED) is 0.631. The SMILES string of the molecule is NC(=O)C1CCN(c2ccc(-c3noc(C4CCCN4Cc4cccnc4)n3)cn2)CC1. The highest BCUT2D eigenvalue weighted by atomic mass is 16.5. The van der Waals surface area contributed by atoms with E-state index >= 15 is 0 Å². The van der Waals surface area contributed by atoms with Gasteiger partial charge in [-0.15, -0.1) is 0 Å². The van der Waals surface area contributed by atoms with Crippen molar-refractivity contribution in [1.29, 1.82) is 0 Å². The molecule has 5 rings (SSSR count). The summed E-state index contributed by atoms with van der Waals surface area (Å²) < 4.78 is 5.65. The third-order valence-corrected chi connectivity index (χ3v) is 6.43. The summed E-state index contributed by atoms with van der Waals surface area (Å²) >= 11 is 0. The summed E-state index contributed by atoms with van der Waals surface area (Å²) in [5, 5.41) is 4.21. The number of pyridine rings is 2. The minimum absolute atomic E-state index is 0.0309. The molecule has 0 saturated carbocycles. The van der Waals surface area contributed by atoms with Crippen molar-refractivity contribution in [3.05, 3.63) is 54.3 Å². The van der Waals surface area contributed by atoms with Gasteiger partial charge in [-0.2, -0.15) is 4.98 Å². The monoisotopic (exact) mass is 433 g/mol. The van der Waals surface area contributed by atoms with Crippen LogP contribution in [-0.4, -0.2) is 50.5 Å². The van der Waals surface area contributed by atoms with Crippen molar-refractivity contribution in [2.24, 2.45) is 11.7 Å². The van der Waals surface area contributed by atoms with Gasteiger partial charge in [0, 0.05) is 49.7 Å². The molecular weight excluding hydrogens is 406 g/mol. The largest absolute Gasteiger partial charge is 0.369 e. The highest BCUT2D eigenvalue weighted by Crippen LogP contribution is 2.33. The summed E-state index contributed by atoms with van der Waals surface area (Å²) in [6.07, 6.45) is 9.11. The lowest BCUT2D eigenvalue weighted by Gasteiger charge is -2.31. The minimum atomic E-state index is -0.206. The molecule has 9 nitrogen and oxygen atoms in total. The van der Waals surface area contributed by atoms with Crippen molar-refractivity contribution in [3.63, 3.8) is 0 Å². The van der Waals surface area contributed by atoms with Crippen molar-refractivity contribution < 1.29 is 9.32 Å². The highest BCUT2D eigenvalue weighted by molar-refractivity contribution is 5.77. The third-order valence-electron chi connectivity index (χ3n) is 6.43. The van der Waals surface area contributed by atoms with Crippen LogP contribution in [0.4, 0.5) is 5.82 Å². The van der Waals surface area contributed by atoms with Crippen LogP contribution in [0.1, 0.15) is 43.2 Å². The first-order chi connectivity index (χ1) is 15.7. The molecule has 0 spiro atoms. The lowest BCUT2D eigenvalue weighted by molar-refractivity contribution is -0.122. The van der Waals surface area contributed by atoms with E-state index in [0.29, 0.717) is 11.7 Å². The highest BCUT2D eigenvalue weighted by Gasteiger charge is 2.31. The molecule has 1 amide bonds. The molecule has 0 bridgehead atoms. The molecule has 1 unspecified atom stereocenters. The van der Waals surface area contributed by atoms with Crippen LogP contribution >= 0.6 is 0 Å². The lowest BCUT2D eigenvalue weighted by atomic mass is 9.96. The first kappa shape index (κ1) is 20.6. The molecule has 3 aromatic heterocycles. The molecule has 1 atom stereocenters.